The van der Waals surface area contributed by atoms with E-state index in [1.807, 2.05) is 45.0 Å². The molecule has 3 aromatic rings. The highest BCUT2D eigenvalue weighted by molar-refractivity contribution is 6.31. The molecule has 192 valence electrons. The summed E-state index contributed by atoms with van der Waals surface area (Å²) in [6.45, 7) is 6.06. The van der Waals surface area contributed by atoms with E-state index in [0.29, 0.717) is 34.3 Å². The van der Waals surface area contributed by atoms with E-state index in [1.54, 1.807) is 35.2 Å². The van der Waals surface area contributed by atoms with E-state index < -0.39 is 22.8 Å². The first kappa shape index (κ1) is 25.6. The molecule has 2 aliphatic heterocycles. The molecule has 8 heteroatoms. The Bertz CT molecular complexity index is 1390. The number of amides is 3. The molecule has 37 heavy (non-hydrogen) atoms. The molecule has 0 saturated carbocycles. The fourth-order valence-corrected chi connectivity index (χ4v) is 6.26. The van der Waals surface area contributed by atoms with Crippen LogP contribution in [-0.4, -0.2) is 28.9 Å². The van der Waals surface area contributed by atoms with Gasteiger partial charge >= 0.3 is 6.03 Å². The van der Waals surface area contributed by atoms with E-state index in [4.69, 9.17) is 23.2 Å². The van der Waals surface area contributed by atoms with Gasteiger partial charge in [0.25, 0.3) is 0 Å². The predicted molar refractivity (Wildman–Crippen MR) is 145 cm³/mol. The molecule has 1 fully saturated rings. The number of carbonyl (C=O) groups excluding carboxylic acids is 2. The van der Waals surface area contributed by atoms with Crippen molar-refractivity contribution >= 4 is 40.8 Å². The summed E-state index contributed by atoms with van der Waals surface area (Å²) in [6, 6.07) is 17.8. The van der Waals surface area contributed by atoms with E-state index in [2.05, 4.69) is 10.6 Å². The molecule has 3 aromatic carbocycles. The summed E-state index contributed by atoms with van der Waals surface area (Å²) < 4.78 is 14.7. The molecule has 1 spiro atoms. The largest absolute Gasteiger partial charge is 0.333 e. The van der Waals surface area contributed by atoms with Crippen LogP contribution in [0.1, 0.15) is 55.8 Å². The fraction of sp³-hybridized carbons (Fsp3) is 0.310. The lowest BCUT2D eigenvalue weighted by Crippen LogP contribution is -2.61. The average molecular weight is 540 g/mol. The Morgan fingerprint density at radius 3 is 2.43 bits per heavy atom. The number of benzene rings is 3. The van der Waals surface area contributed by atoms with Gasteiger partial charge in [-0.15, -0.1) is 0 Å². The van der Waals surface area contributed by atoms with Crippen molar-refractivity contribution in [2.24, 2.45) is 0 Å². The summed E-state index contributed by atoms with van der Waals surface area (Å²) in [5.41, 5.74) is 0.949. The number of piperidine rings is 1. The fourth-order valence-electron chi connectivity index (χ4n) is 5.89. The number of hydrogen-bond acceptors (Lipinski definition) is 2. The van der Waals surface area contributed by atoms with Crippen molar-refractivity contribution in [1.29, 1.82) is 0 Å². The molecule has 0 aromatic heterocycles. The van der Waals surface area contributed by atoms with Crippen molar-refractivity contribution in [3.8, 4) is 0 Å². The molecule has 3 atom stereocenters. The van der Waals surface area contributed by atoms with Crippen LogP contribution in [0.3, 0.4) is 0 Å². The number of nitrogens with zero attached hydrogens (tertiary/aromatic N) is 1. The first-order chi connectivity index (χ1) is 17.5. The maximum atomic E-state index is 14.7. The predicted octanol–water partition coefficient (Wildman–Crippen LogP) is 7.06. The number of urea groups is 1. The second kappa shape index (κ2) is 9.34. The molecule has 0 bridgehead atoms. The van der Waals surface area contributed by atoms with Crippen LogP contribution in [0.2, 0.25) is 10.0 Å². The van der Waals surface area contributed by atoms with Crippen LogP contribution >= 0.6 is 23.2 Å². The molecule has 5 nitrogen and oxygen atoms in total. The third kappa shape index (κ3) is 4.47. The molecule has 2 N–H and O–H groups in total. The lowest BCUT2D eigenvalue weighted by atomic mass is 9.59. The van der Waals surface area contributed by atoms with Gasteiger partial charge in [-0.3, -0.25) is 4.79 Å². The normalized spacial score (nSPS) is 23.1. The van der Waals surface area contributed by atoms with Crippen LogP contribution in [0.5, 0.6) is 0 Å². The van der Waals surface area contributed by atoms with Crippen molar-refractivity contribution in [3.05, 3.63) is 99.3 Å². The van der Waals surface area contributed by atoms with E-state index >= 15 is 0 Å². The quantitative estimate of drug-likeness (QED) is 0.366. The molecule has 0 radical (unpaired) electrons. The van der Waals surface area contributed by atoms with Crippen LogP contribution in [0.4, 0.5) is 14.9 Å². The highest BCUT2D eigenvalue weighted by atomic mass is 35.5. The summed E-state index contributed by atoms with van der Waals surface area (Å²) in [5.74, 6) is -1.05. The summed E-state index contributed by atoms with van der Waals surface area (Å²) in [5, 5.41) is 7.10. The van der Waals surface area contributed by atoms with Crippen molar-refractivity contribution in [2.75, 3.05) is 11.9 Å². The Balaban J connectivity index is 1.80. The molecule has 2 aliphatic rings. The van der Waals surface area contributed by atoms with Gasteiger partial charge in [0.1, 0.15) is 11.2 Å². The first-order valence-electron chi connectivity index (χ1n) is 12.2. The van der Waals surface area contributed by atoms with Gasteiger partial charge < -0.3 is 15.5 Å². The van der Waals surface area contributed by atoms with Crippen LogP contribution < -0.4 is 10.6 Å². The Morgan fingerprint density at radius 2 is 1.73 bits per heavy atom. The topological polar surface area (TPSA) is 61.4 Å². The van der Waals surface area contributed by atoms with E-state index in [9.17, 15) is 14.0 Å². The summed E-state index contributed by atoms with van der Waals surface area (Å²) in [4.78, 5) is 29.7. The summed E-state index contributed by atoms with van der Waals surface area (Å²) in [7, 11) is 0. The van der Waals surface area contributed by atoms with E-state index in [0.717, 1.165) is 11.1 Å². The Labute approximate surface area is 226 Å². The Hall–Kier alpha value is -3.09. The molecule has 1 saturated heterocycles. The minimum Gasteiger partial charge on any atom is -0.333 e. The molecular formula is C29H28Cl2FN3O2. The lowest BCUT2D eigenvalue weighted by molar-refractivity contribution is -0.126. The summed E-state index contributed by atoms with van der Waals surface area (Å²) >= 11 is 12.7. The van der Waals surface area contributed by atoms with Gasteiger partial charge in [-0.05, 0) is 80.3 Å². The van der Waals surface area contributed by atoms with Gasteiger partial charge in [-0.25, -0.2) is 9.18 Å². The standard InChI is InChI=1S/C29H28Cl2FN3O2/c1-28(2,3)34-27(37)35-13-12-22(17-6-4-8-19(30)14-17)29(25(35)18-7-5-9-21(32)15-18)23-11-10-20(31)16-24(23)33-26(29)36/h4-11,14-16,22,25H,12-13H2,1-3H3,(H,33,36)(H,34,37). The number of carbonyl (C=O) groups is 2. The number of rotatable bonds is 2. The average Bonchev–Trinajstić information content (AvgIpc) is 3.08. The monoisotopic (exact) mass is 539 g/mol. The highest BCUT2D eigenvalue weighted by Crippen LogP contribution is 2.60. The molecule has 0 aliphatic carbocycles. The summed E-state index contributed by atoms with van der Waals surface area (Å²) in [6.07, 6.45) is 0.499. The van der Waals surface area contributed by atoms with Crippen LogP contribution in [0.25, 0.3) is 0 Å². The number of hydrogen-bond donors (Lipinski definition) is 2. The van der Waals surface area contributed by atoms with Crippen molar-refractivity contribution in [3.63, 3.8) is 0 Å². The van der Waals surface area contributed by atoms with Gasteiger partial charge in [-0.2, -0.15) is 0 Å². The number of fused-ring (bicyclic) bond motifs is 2. The highest BCUT2D eigenvalue weighted by Gasteiger charge is 2.62. The van der Waals surface area contributed by atoms with Gasteiger partial charge in [0.05, 0.1) is 6.04 Å². The van der Waals surface area contributed by atoms with Gasteiger partial charge in [0.15, 0.2) is 0 Å². The maximum Gasteiger partial charge on any atom is 0.318 e. The number of nitrogens with one attached hydrogen (secondary N) is 2. The third-order valence-corrected chi connectivity index (χ3v) is 7.63. The zero-order valence-corrected chi connectivity index (χ0v) is 22.3. The molecule has 3 amide bonds. The number of likely N-dealkylation sites (tertiary alicyclic amines) is 1. The SMILES string of the molecule is CC(C)(C)NC(=O)N1CCC(c2cccc(Cl)c2)C2(C(=O)Nc3cc(Cl)ccc32)C1c1cccc(F)c1. The van der Waals surface area contributed by atoms with E-state index in [1.165, 1.54) is 12.1 Å². The van der Waals surface area contributed by atoms with Crippen LogP contribution in [0, 0.1) is 5.82 Å². The van der Waals surface area contributed by atoms with Gasteiger partial charge in [0, 0.05) is 33.7 Å². The van der Waals surface area contributed by atoms with Gasteiger partial charge in [0.2, 0.25) is 5.91 Å². The number of anilines is 1. The smallest absolute Gasteiger partial charge is 0.318 e. The zero-order valence-electron chi connectivity index (χ0n) is 20.8. The van der Waals surface area contributed by atoms with Crippen molar-refractivity contribution in [2.45, 2.75) is 50.1 Å². The van der Waals surface area contributed by atoms with Crippen LogP contribution in [-0.2, 0) is 10.2 Å². The molecule has 5 rings (SSSR count). The lowest BCUT2D eigenvalue weighted by Gasteiger charge is -2.52. The van der Waals surface area contributed by atoms with Gasteiger partial charge in [-0.1, -0.05) is 53.5 Å². The Morgan fingerprint density at radius 1 is 1.03 bits per heavy atom. The Kier molecular flexibility index (Phi) is 6.45. The minimum absolute atomic E-state index is 0.266. The van der Waals surface area contributed by atoms with Crippen molar-refractivity contribution < 1.29 is 14.0 Å². The van der Waals surface area contributed by atoms with Crippen molar-refractivity contribution in [1.82, 2.24) is 10.2 Å². The molecule has 3 unspecified atom stereocenters. The molecule has 2 heterocycles. The second-order valence-electron chi connectivity index (χ2n) is 10.7. The maximum absolute atomic E-state index is 14.7. The number of halogens is 3. The van der Waals surface area contributed by atoms with E-state index in [-0.39, 0.29) is 17.9 Å². The molecular weight excluding hydrogens is 512 g/mol. The second-order valence-corrected chi connectivity index (χ2v) is 11.6. The zero-order chi connectivity index (χ0) is 26.5. The first-order valence-corrected chi connectivity index (χ1v) is 13.0. The van der Waals surface area contributed by atoms with Crippen LogP contribution in [0.15, 0.2) is 66.7 Å². The third-order valence-electron chi connectivity index (χ3n) is 7.16. The minimum atomic E-state index is -1.26.